The van der Waals surface area contributed by atoms with Crippen LogP contribution in [0.5, 0.6) is 0 Å². The van der Waals surface area contributed by atoms with Crippen molar-refractivity contribution in [1.29, 1.82) is 0 Å². The van der Waals surface area contributed by atoms with E-state index in [2.05, 4.69) is 32.6 Å². The van der Waals surface area contributed by atoms with Gasteiger partial charge in [-0.1, -0.05) is 34.1 Å². The number of carbonyl (C=O) groups is 1. The maximum absolute atomic E-state index is 12.2. The van der Waals surface area contributed by atoms with Crippen molar-refractivity contribution < 1.29 is 4.79 Å². The minimum absolute atomic E-state index is 0.00204. The predicted molar refractivity (Wildman–Crippen MR) is 99.9 cm³/mol. The van der Waals surface area contributed by atoms with Crippen LogP contribution in [0.4, 0.5) is 4.79 Å². The molecule has 0 saturated heterocycles. The van der Waals surface area contributed by atoms with Crippen LogP contribution >= 0.6 is 15.9 Å². The molecule has 4 aliphatic carbocycles. The number of rotatable bonds is 5. The molecule has 5 rings (SSSR count). The van der Waals surface area contributed by atoms with Crippen molar-refractivity contribution in [3.63, 3.8) is 0 Å². The van der Waals surface area contributed by atoms with Gasteiger partial charge in [-0.15, -0.1) is 0 Å². The van der Waals surface area contributed by atoms with E-state index in [9.17, 15) is 4.79 Å². The maximum Gasteiger partial charge on any atom is 0.314 e. The summed E-state index contributed by atoms with van der Waals surface area (Å²) in [4.78, 5) is 12.2. The molecular weight excluding hydrogens is 364 g/mol. The summed E-state index contributed by atoms with van der Waals surface area (Å²) < 4.78 is 1.11. The average Bonchev–Trinajstić information content (AvgIpc) is 2.54. The van der Waals surface area contributed by atoms with Gasteiger partial charge in [0.1, 0.15) is 0 Å². The van der Waals surface area contributed by atoms with Gasteiger partial charge in [0.2, 0.25) is 0 Å². The molecular formula is C20H27BrN2O. The van der Waals surface area contributed by atoms with E-state index < -0.39 is 0 Å². The SMILES string of the molecule is O=C(NCCc1ccccc1Br)NCC12CC3CC(CC(C3)C1)C2. The summed E-state index contributed by atoms with van der Waals surface area (Å²) in [6, 6.07) is 8.19. The second-order valence-electron chi connectivity index (χ2n) is 8.37. The smallest absolute Gasteiger partial charge is 0.314 e. The molecule has 2 amide bonds. The van der Waals surface area contributed by atoms with Crippen LogP contribution < -0.4 is 10.6 Å². The number of urea groups is 1. The molecule has 0 spiro atoms. The van der Waals surface area contributed by atoms with E-state index in [1.807, 2.05) is 18.2 Å². The highest BCUT2D eigenvalue weighted by atomic mass is 79.9. The summed E-state index contributed by atoms with van der Waals surface area (Å²) in [5.41, 5.74) is 1.65. The van der Waals surface area contributed by atoms with Crippen molar-refractivity contribution in [2.45, 2.75) is 44.9 Å². The third-order valence-corrected chi connectivity index (χ3v) is 7.20. The fourth-order valence-electron chi connectivity index (χ4n) is 5.85. The quantitative estimate of drug-likeness (QED) is 0.762. The van der Waals surface area contributed by atoms with Crippen LogP contribution in [0.2, 0.25) is 0 Å². The summed E-state index contributed by atoms with van der Waals surface area (Å²) >= 11 is 3.56. The van der Waals surface area contributed by atoms with Gasteiger partial charge in [-0.3, -0.25) is 0 Å². The number of hydrogen-bond donors (Lipinski definition) is 2. The van der Waals surface area contributed by atoms with Crippen LogP contribution in [0, 0.1) is 23.2 Å². The average molecular weight is 391 g/mol. The number of halogens is 1. The number of benzene rings is 1. The van der Waals surface area contributed by atoms with E-state index in [0.29, 0.717) is 12.0 Å². The number of nitrogens with one attached hydrogen (secondary N) is 2. The zero-order valence-electron chi connectivity index (χ0n) is 14.2. The van der Waals surface area contributed by atoms with E-state index in [1.165, 1.54) is 44.1 Å². The van der Waals surface area contributed by atoms with Crippen molar-refractivity contribution in [2.24, 2.45) is 23.2 Å². The maximum atomic E-state index is 12.2. The van der Waals surface area contributed by atoms with Gasteiger partial charge in [-0.2, -0.15) is 0 Å². The first-order chi connectivity index (χ1) is 11.6. The Morgan fingerprint density at radius 2 is 1.67 bits per heavy atom. The third kappa shape index (κ3) is 3.49. The van der Waals surface area contributed by atoms with Gasteiger partial charge >= 0.3 is 6.03 Å². The Bertz CT molecular complexity index is 580. The topological polar surface area (TPSA) is 41.1 Å². The Labute approximate surface area is 153 Å². The number of amides is 2. The van der Waals surface area contributed by atoms with Crippen molar-refractivity contribution in [3.8, 4) is 0 Å². The number of carbonyl (C=O) groups excluding carboxylic acids is 1. The minimum Gasteiger partial charge on any atom is -0.338 e. The Balaban J connectivity index is 1.23. The molecule has 0 aliphatic heterocycles. The van der Waals surface area contributed by atoms with Gasteiger partial charge in [0.25, 0.3) is 0 Å². The van der Waals surface area contributed by atoms with Gasteiger partial charge < -0.3 is 10.6 Å². The molecule has 1 aromatic carbocycles. The largest absolute Gasteiger partial charge is 0.338 e. The molecule has 24 heavy (non-hydrogen) atoms. The van der Waals surface area contributed by atoms with Crippen molar-refractivity contribution in [1.82, 2.24) is 10.6 Å². The third-order valence-electron chi connectivity index (χ3n) is 6.43. The second kappa shape index (κ2) is 6.70. The lowest BCUT2D eigenvalue weighted by molar-refractivity contribution is -0.0498. The molecule has 0 atom stereocenters. The molecule has 4 saturated carbocycles. The first kappa shape index (κ1) is 16.4. The fourth-order valence-corrected chi connectivity index (χ4v) is 6.33. The molecule has 0 unspecified atom stereocenters. The highest BCUT2D eigenvalue weighted by molar-refractivity contribution is 9.10. The molecule has 4 heteroatoms. The lowest BCUT2D eigenvalue weighted by Gasteiger charge is -2.56. The first-order valence-electron chi connectivity index (χ1n) is 9.37. The van der Waals surface area contributed by atoms with Crippen LogP contribution in [0.3, 0.4) is 0 Å². The molecule has 0 aromatic heterocycles. The Hall–Kier alpha value is -1.03. The highest BCUT2D eigenvalue weighted by Gasteiger charge is 2.50. The lowest BCUT2D eigenvalue weighted by Crippen LogP contribution is -2.52. The first-order valence-corrected chi connectivity index (χ1v) is 10.2. The second-order valence-corrected chi connectivity index (χ2v) is 9.22. The fraction of sp³-hybridized carbons (Fsp3) is 0.650. The molecule has 4 aliphatic rings. The van der Waals surface area contributed by atoms with Crippen LogP contribution in [0.25, 0.3) is 0 Å². The minimum atomic E-state index is -0.00204. The normalized spacial score (nSPS) is 33.5. The van der Waals surface area contributed by atoms with Crippen molar-refractivity contribution >= 4 is 22.0 Å². The molecule has 0 heterocycles. The van der Waals surface area contributed by atoms with Crippen LogP contribution in [-0.2, 0) is 6.42 Å². The Morgan fingerprint density at radius 1 is 1.04 bits per heavy atom. The summed E-state index contributed by atoms with van der Waals surface area (Å²) in [5.74, 6) is 2.82. The van der Waals surface area contributed by atoms with Crippen molar-refractivity contribution in [3.05, 3.63) is 34.3 Å². The highest BCUT2D eigenvalue weighted by Crippen LogP contribution is 2.59. The predicted octanol–water partition coefficient (Wildman–Crippen LogP) is 4.51. The van der Waals surface area contributed by atoms with Crippen LogP contribution in [0.1, 0.15) is 44.1 Å². The Kier molecular flexibility index (Phi) is 4.59. The van der Waals surface area contributed by atoms with Crippen LogP contribution in [-0.4, -0.2) is 19.1 Å². The van der Waals surface area contributed by atoms with E-state index in [0.717, 1.165) is 35.2 Å². The summed E-state index contributed by atoms with van der Waals surface area (Å²) in [6.45, 7) is 1.55. The lowest BCUT2D eigenvalue weighted by atomic mass is 9.49. The Morgan fingerprint density at radius 3 is 2.29 bits per heavy atom. The van der Waals surface area contributed by atoms with E-state index >= 15 is 0 Å². The van der Waals surface area contributed by atoms with Gasteiger partial charge in [-0.25, -0.2) is 4.79 Å². The summed E-state index contributed by atoms with van der Waals surface area (Å²) in [6.07, 6.45) is 9.25. The number of hydrogen-bond acceptors (Lipinski definition) is 1. The van der Waals surface area contributed by atoms with E-state index in [1.54, 1.807) is 0 Å². The zero-order chi connectivity index (χ0) is 16.6. The molecule has 1 aromatic rings. The standard InChI is InChI=1S/C20H27BrN2O/c21-18-4-2-1-3-17(18)5-6-22-19(24)23-13-20-10-14-7-15(11-20)9-16(8-14)12-20/h1-4,14-16H,5-13H2,(H2,22,23,24). The van der Waals surface area contributed by atoms with Gasteiger partial charge in [0.05, 0.1) is 0 Å². The molecule has 2 N–H and O–H groups in total. The van der Waals surface area contributed by atoms with Crippen molar-refractivity contribution in [2.75, 3.05) is 13.1 Å². The van der Waals surface area contributed by atoms with E-state index in [-0.39, 0.29) is 6.03 Å². The summed E-state index contributed by atoms with van der Waals surface area (Å²) in [7, 11) is 0. The van der Waals surface area contributed by atoms with E-state index in [4.69, 9.17) is 0 Å². The zero-order valence-corrected chi connectivity index (χ0v) is 15.8. The van der Waals surface area contributed by atoms with Gasteiger partial charge in [0.15, 0.2) is 0 Å². The summed E-state index contributed by atoms with van der Waals surface area (Å²) in [5, 5.41) is 6.20. The van der Waals surface area contributed by atoms with Gasteiger partial charge in [0, 0.05) is 17.6 Å². The molecule has 4 fully saturated rings. The molecule has 130 valence electrons. The van der Waals surface area contributed by atoms with Crippen LogP contribution in [0.15, 0.2) is 28.7 Å². The molecule has 0 radical (unpaired) electrons. The molecule has 3 nitrogen and oxygen atoms in total. The van der Waals surface area contributed by atoms with Gasteiger partial charge in [-0.05, 0) is 79.7 Å². The monoisotopic (exact) mass is 390 g/mol. The molecule has 4 bridgehead atoms.